The number of fused-ring (bicyclic) bond motifs is 1. The highest BCUT2D eigenvalue weighted by Crippen LogP contribution is 2.33. The maximum atomic E-state index is 13.6. The summed E-state index contributed by atoms with van der Waals surface area (Å²) < 4.78 is 18.9. The lowest BCUT2D eigenvalue weighted by atomic mass is 9.89. The Labute approximate surface area is 151 Å². The number of hydrogen-bond donors (Lipinski definition) is 3. The van der Waals surface area contributed by atoms with Crippen LogP contribution in [0.2, 0.25) is 0 Å². The maximum Gasteiger partial charge on any atom is 0.361 e. The fourth-order valence-electron chi connectivity index (χ4n) is 2.80. The van der Waals surface area contributed by atoms with Crippen molar-refractivity contribution >= 4 is 23.2 Å². The molecule has 1 unspecified atom stereocenters. The number of nitrogens with one attached hydrogen (secondary N) is 3. The first-order valence-electron chi connectivity index (χ1n) is 8.00. The molecule has 3 aromatic rings. The predicted octanol–water partition coefficient (Wildman–Crippen LogP) is 2.20. The molecule has 136 valence electrons. The van der Waals surface area contributed by atoms with Crippen molar-refractivity contribution in [1.29, 1.82) is 0 Å². The number of nitrogens with zero attached hydrogens (tertiary/aromatic N) is 3. The van der Waals surface area contributed by atoms with Crippen LogP contribution < -0.4 is 15.4 Å². The maximum absolute atomic E-state index is 13.6. The number of tetrazole rings is 1. The van der Waals surface area contributed by atoms with Crippen molar-refractivity contribution in [2.75, 3.05) is 10.6 Å². The van der Waals surface area contributed by atoms with Crippen LogP contribution in [-0.4, -0.2) is 32.4 Å². The van der Waals surface area contributed by atoms with E-state index < -0.39 is 17.6 Å². The second kappa shape index (κ2) is 6.83. The normalized spacial score (nSPS) is 15.6. The average molecular weight is 368 g/mol. The molecule has 3 N–H and O–H groups in total. The standard InChI is InChI=1S/C17H13FN6O3/c18-9-1-6-14-12(7-9)13(8-15(25)20-14)16(26)19-10-2-4-11(5-3-10)27-17-21-23-24-22-17/h1-7,13H,8H2,(H,19,26)(H,20,25)(H,21,22,23,24). The minimum absolute atomic E-state index is 0.0543. The van der Waals surface area contributed by atoms with Crippen LogP contribution in [-0.2, 0) is 9.59 Å². The Morgan fingerprint density at radius 1 is 1.22 bits per heavy atom. The van der Waals surface area contributed by atoms with Crippen LogP contribution in [0.25, 0.3) is 0 Å². The third-order valence-electron chi connectivity index (χ3n) is 4.03. The van der Waals surface area contributed by atoms with Gasteiger partial charge in [0.1, 0.15) is 11.6 Å². The number of ether oxygens (including phenoxy) is 1. The lowest BCUT2D eigenvalue weighted by Gasteiger charge is -2.25. The molecule has 0 aliphatic carbocycles. The van der Waals surface area contributed by atoms with E-state index in [4.69, 9.17) is 4.74 Å². The van der Waals surface area contributed by atoms with E-state index in [0.29, 0.717) is 22.7 Å². The van der Waals surface area contributed by atoms with Crippen LogP contribution in [0.15, 0.2) is 42.5 Å². The van der Waals surface area contributed by atoms with Gasteiger partial charge >= 0.3 is 6.01 Å². The van der Waals surface area contributed by atoms with Gasteiger partial charge in [0.2, 0.25) is 11.8 Å². The van der Waals surface area contributed by atoms with Crippen LogP contribution >= 0.6 is 0 Å². The van der Waals surface area contributed by atoms with Gasteiger partial charge in [0.15, 0.2) is 0 Å². The zero-order valence-corrected chi connectivity index (χ0v) is 13.8. The monoisotopic (exact) mass is 368 g/mol. The van der Waals surface area contributed by atoms with Crippen molar-refractivity contribution in [2.45, 2.75) is 12.3 Å². The smallest absolute Gasteiger partial charge is 0.361 e. The van der Waals surface area contributed by atoms with Crippen molar-refractivity contribution in [2.24, 2.45) is 0 Å². The molecule has 0 spiro atoms. The van der Waals surface area contributed by atoms with Gasteiger partial charge in [0, 0.05) is 17.8 Å². The van der Waals surface area contributed by atoms with Crippen LogP contribution in [0.3, 0.4) is 0 Å². The Kier molecular flexibility index (Phi) is 4.21. The first-order valence-corrected chi connectivity index (χ1v) is 8.00. The number of rotatable bonds is 4. The fraction of sp³-hybridized carbons (Fsp3) is 0.118. The largest absolute Gasteiger partial charge is 0.422 e. The molecule has 0 bridgehead atoms. The summed E-state index contributed by atoms with van der Waals surface area (Å²) in [5.41, 5.74) is 1.39. The van der Waals surface area contributed by atoms with Crippen molar-refractivity contribution in [3.8, 4) is 11.8 Å². The number of aromatic nitrogens is 4. The highest BCUT2D eigenvalue weighted by atomic mass is 19.1. The third-order valence-corrected chi connectivity index (χ3v) is 4.03. The summed E-state index contributed by atoms with van der Waals surface area (Å²) in [6.45, 7) is 0. The highest BCUT2D eigenvalue weighted by molar-refractivity contribution is 6.05. The van der Waals surface area contributed by atoms with Crippen molar-refractivity contribution in [1.82, 2.24) is 20.6 Å². The van der Waals surface area contributed by atoms with Crippen LogP contribution in [0.1, 0.15) is 17.9 Å². The van der Waals surface area contributed by atoms with Gasteiger partial charge in [-0.1, -0.05) is 10.2 Å². The summed E-state index contributed by atoms with van der Waals surface area (Å²) in [6.07, 6.45) is -0.0543. The molecular formula is C17H13FN6O3. The number of aromatic amines is 1. The van der Waals surface area contributed by atoms with Gasteiger partial charge in [-0.2, -0.15) is 5.21 Å². The summed E-state index contributed by atoms with van der Waals surface area (Å²) in [4.78, 5) is 24.5. The molecule has 1 aliphatic rings. The molecule has 0 radical (unpaired) electrons. The first kappa shape index (κ1) is 16.6. The lowest BCUT2D eigenvalue weighted by molar-refractivity contribution is -0.123. The summed E-state index contributed by atoms with van der Waals surface area (Å²) >= 11 is 0. The molecule has 0 saturated carbocycles. The van der Waals surface area contributed by atoms with Crippen LogP contribution in [0.5, 0.6) is 11.8 Å². The molecule has 10 heteroatoms. The van der Waals surface area contributed by atoms with Crippen molar-refractivity contribution in [3.63, 3.8) is 0 Å². The second-order valence-corrected chi connectivity index (χ2v) is 5.85. The van der Waals surface area contributed by atoms with Gasteiger partial charge in [0.25, 0.3) is 0 Å². The van der Waals surface area contributed by atoms with E-state index in [-0.39, 0.29) is 18.3 Å². The average Bonchev–Trinajstić information content (AvgIpc) is 3.16. The third kappa shape index (κ3) is 3.59. The minimum atomic E-state index is -0.778. The zero-order chi connectivity index (χ0) is 18.8. The number of halogens is 1. The van der Waals surface area contributed by atoms with E-state index in [2.05, 4.69) is 31.3 Å². The minimum Gasteiger partial charge on any atom is -0.422 e. The molecule has 1 aliphatic heterocycles. The zero-order valence-electron chi connectivity index (χ0n) is 13.8. The Morgan fingerprint density at radius 3 is 2.78 bits per heavy atom. The highest BCUT2D eigenvalue weighted by Gasteiger charge is 2.31. The topological polar surface area (TPSA) is 122 Å². The molecular weight excluding hydrogens is 355 g/mol. The molecule has 0 fully saturated rings. The lowest BCUT2D eigenvalue weighted by Crippen LogP contribution is -2.30. The van der Waals surface area contributed by atoms with Gasteiger partial charge in [-0.3, -0.25) is 9.59 Å². The molecule has 2 aromatic carbocycles. The number of H-pyrrole nitrogens is 1. The van der Waals surface area contributed by atoms with Gasteiger partial charge in [-0.25, -0.2) is 4.39 Å². The SMILES string of the molecule is O=C1CC(C(=O)Nc2ccc(Oc3nn[nH]n3)cc2)c2cc(F)ccc2N1. The predicted molar refractivity (Wildman–Crippen MR) is 91.7 cm³/mol. The number of carbonyl (C=O) groups is 2. The van der Waals surface area contributed by atoms with Crippen molar-refractivity contribution in [3.05, 3.63) is 53.8 Å². The molecule has 9 nitrogen and oxygen atoms in total. The van der Waals surface area contributed by atoms with Gasteiger partial charge in [0.05, 0.1) is 5.92 Å². The van der Waals surface area contributed by atoms with E-state index in [1.165, 1.54) is 18.2 Å². The Hall–Kier alpha value is -3.82. The molecule has 2 heterocycles. The Bertz CT molecular complexity index is 990. The molecule has 1 atom stereocenters. The number of carbonyl (C=O) groups excluding carboxylic acids is 2. The summed E-state index contributed by atoms with van der Waals surface area (Å²) in [6, 6.07) is 10.5. The molecule has 0 saturated heterocycles. The van der Waals surface area contributed by atoms with Crippen LogP contribution in [0, 0.1) is 5.82 Å². The molecule has 2 amide bonds. The number of amides is 2. The number of anilines is 2. The van der Waals surface area contributed by atoms with Gasteiger partial charge in [-0.05, 0) is 53.2 Å². The number of benzene rings is 2. The quantitative estimate of drug-likeness (QED) is 0.649. The molecule has 27 heavy (non-hydrogen) atoms. The van der Waals surface area contributed by atoms with E-state index >= 15 is 0 Å². The van der Waals surface area contributed by atoms with E-state index in [9.17, 15) is 14.0 Å². The van der Waals surface area contributed by atoms with E-state index in [1.807, 2.05) is 0 Å². The first-order chi connectivity index (χ1) is 13.1. The summed E-state index contributed by atoms with van der Waals surface area (Å²) in [5, 5.41) is 18.4. The van der Waals surface area contributed by atoms with Gasteiger partial charge < -0.3 is 15.4 Å². The van der Waals surface area contributed by atoms with E-state index in [0.717, 1.165) is 0 Å². The summed E-state index contributed by atoms with van der Waals surface area (Å²) in [7, 11) is 0. The van der Waals surface area contributed by atoms with Crippen LogP contribution in [0.4, 0.5) is 15.8 Å². The Balaban J connectivity index is 1.49. The van der Waals surface area contributed by atoms with E-state index in [1.54, 1.807) is 24.3 Å². The van der Waals surface area contributed by atoms with Gasteiger partial charge in [-0.15, -0.1) is 0 Å². The number of hydrogen-bond acceptors (Lipinski definition) is 6. The molecule has 1 aromatic heterocycles. The van der Waals surface area contributed by atoms with Crippen molar-refractivity contribution < 1.29 is 18.7 Å². The Morgan fingerprint density at radius 2 is 2.04 bits per heavy atom. The molecule has 4 rings (SSSR count). The second-order valence-electron chi connectivity index (χ2n) is 5.85. The fourth-order valence-corrected chi connectivity index (χ4v) is 2.80. The summed E-state index contributed by atoms with van der Waals surface area (Å²) in [5.74, 6) is -1.48.